The molecule has 0 saturated carbocycles. The number of benzene rings is 2. The van der Waals surface area contributed by atoms with Crippen LogP contribution >= 0.6 is 0 Å². The van der Waals surface area contributed by atoms with E-state index in [-0.39, 0.29) is 42.5 Å². The zero-order valence-corrected chi connectivity index (χ0v) is 19.0. The van der Waals surface area contributed by atoms with Crippen LogP contribution in [0.4, 0.5) is 0 Å². The third-order valence-electron chi connectivity index (χ3n) is 5.95. The van der Waals surface area contributed by atoms with Crippen LogP contribution in [0.15, 0.2) is 59.5 Å². The molecule has 1 unspecified atom stereocenters. The van der Waals surface area contributed by atoms with Crippen LogP contribution in [0.25, 0.3) is 0 Å². The van der Waals surface area contributed by atoms with E-state index in [9.17, 15) is 18.0 Å². The molecule has 0 bridgehead atoms. The molecule has 6 nitrogen and oxygen atoms in total. The molecular weight excluding hydrogens is 412 g/mol. The van der Waals surface area contributed by atoms with Gasteiger partial charge in [0.1, 0.15) is 0 Å². The van der Waals surface area contributed by atoms with Gasteiger partial charge in [-0.1, -0.05) is 56.3 Å². The monoisotopic (exact) mass is 442 g/mol. The van der Waals surface area contributed by atoms with Gasteiger partial charge in [0.25, 0.3) is 0 Å². The standard InChI is InChI=1S/C24H30N2O4S/c1-3-19(2)20-9-11-22(12-10-20)31(29,30)26-17-15-25(16-18-26)24(28)14-13-23(27)21-7-5-4-6-8-21/h4-12,19H,3,13-18H2,1-2H3. The number of piperazine rings is 1. The third-order valence-corrected chi connectivity index (χ3v) is 7.87. The Morgan fingerprint density at radius 2 is 1.52 bits per heavy atom. The molecule has 0 radical (unpaired) electrons. The van der Waals surface area contributed by atoms with E-state index in [1.54, 1.807) is 41.3 Å². The number of hydrogen-bond donors (Lipinski definition) is 0. The molecule has 0 aliphatic carbocycles. The molecule has 166 valence electrons. The van der Waals surface area contributed by atoms with E-state index in [0.717, 1.165) is 12.0 Å². The summed E-state index contributed by atoms with van der Waals surface area (Å²) in [7, 11) is -3.58. The molecular formula is C24H30N2O4S. The van der Waals surface area contributed by atoms with Gasteiger partial charge in [-0.15, -0.1) is 0 Å². The molecule has 2 aromatic rings. The van der Waals surface area contributed by atoms with Crippen LogP contribution in [-0.2, 0) is 14.8 Å². The van der Waals surface area contributed by atoms with Gasteiger partial charge in [0, 0.05) is 44.6 Å². The Morgan fingerprint density at radius 3 is 2.10 bits per heavy atom. The van der Waals surface area contributed by atoms with Crippen LogP contribution in [0.3, 0.4) is 0 Å². The number of ketones is 1. The van der Waals surface area contributed by atoms with Crippen LogP contribution < -0.4 is 0 Å². The first kappa shape index (κ1) is 23.2. The van der Waals surface area contributed by atoms with Crippen molar-refractivity contribution in [1.82, 2.24) is 9.21 Å². The first-order chi connectivity index (χ1) is 14.8. The number of amides is 1. The highest BCUT2D eigenvalue weighted by molar-refractivity contribution is 7.89. The van der Waals surface area contributed by atoms with Crippen LogP contribution in [-0.4, -0.2) is 55.5 Å². The van der Waals surface area contributed by atoms with E-state index in [1.165, 1.54) is 4.31 Å². The van der Waals surface area contributed by atoms with Gasteiger partial charge in [0.2, 0.25) is 15.9 Å². The number of carbonyl (C=O) groups is 2. The lowest BCUT2D eigenvalue weighted by atomic mass is 9.99. The zero-order valence-electron chi connectivity index (χ0n) is 18.2. The Morgan fingerprint density at radius 1 is 0.903 bits per heavy atom. The first-order valence-corrected chi connectivity index (χ1v) is 12.2. The Bertz CT molecular complexity index is 996. The van der Waals surface area contributed by atoms with Gasteiger partial charge in [-0.2, -0.15) is 4.31 Å². The van der Waals surface area contributed by atoms with E-state index >= 15 is 0 Å². The smallest absolute Gasteiger partial charge is 0.243 e. The Kier molecular flexibility index (Phi) is 7.62. The Labute approximate surface area is 184 Å². The fourth-order valence-electron chi connectivity index (χ4n) is 3.68. The lowest BCUT2D eigenvalue weighted by Gasteiger charge is -2.34. The summed E-state index contributed by atoms with van der Waals surface area (Å²) >= 11 is 0. The second-order valence-corrected chi connectivity index (χ2v) is 9.89. The number of nitrogens with zero attached hydrogens (tertiary/aromatic N) is 2. The predicted molar refractivity (Wildman–Crippen MR) is 120 cm³/mol. The molecule has 1 aliphatic rings. The number of rotatable bonds is 8. The molecule has 2 aromatic carbocycles. The van der Waals surface area contributed by atoms with Crippen LogP contribution in [0.5, 0.6) is 0 Å². The number of carbonyl (C=O) groups excluding carboxylic acids is 2. The van der Waals surface area contributed by atoms with Crippen molar-refractivity contribution in [3.63, 3.8) is 0 Å². The maximum Gasteiger partial charge on any atom is 0.243 e. The zero-order chi connectivity index (χ0) is 22.4. The van der Waals surface area contributed by atoms with Crippen molar-refractivity contribution in [3.8, 4) is 0 Å². The molecule has 0 N–H and O–H groups in total. The minimum absolute atomic E-state index is 0.0593. The maximum atomic E-state index is 13.0. The van der Waals surface area contributed by atoms with Gasteiger partial charge >= 0.3 is 0 Å². The fourth-order valence-corrected chi connectivity index (χ4v) is 5.10. The lowest BCUT2D eigenvalue weighted by molar-refractivity contribution is -0.132. The summed E-state index contributed by atoms with van der Waals surface area (Å²) < 4.78 is 27.4. The summed E-state index contributed by atoms with van der Waals surface area (Å²) in [5, 5.41) is 0. The highest BCUT2D eigenvalue weighted by Crippen LogP contribution is 2.23. The lowest BCUT2D eigenvalue weighted by Crippen LogP contribution is -2.50. The van der Waals surface area contributed by atoms with Crippen molar-refractivity contribution >= 4 is 21.7 Å². The molecule has 31 heavy (non-hydrogen) atoms. The Balaban J connectivity index is 1.53. The summed E-state index contributed by atoms with van der Waals surface area (Å²) in [6.07, 6.45) is 1.29. The molecule has 1 amide bonds. The van der Waals surface area contributed by atoms with Crippen molar-refractivity contribution in [2.75, 3.05) is 26.2 Å². The minimum Gasteiger partial charge on any atom is -0.340 e. The van der Waals surface area contributed by atoms with Crippen LogP contribution in [0, 0.1) is 0 Å². The summed E-state index contributed by atoms with van der Waals surface area (Å²) in [4.78, 5) is 26.6. The largest absolute Gasteiger partial charge is 0.340 e. The van der Waals surface area contributed by atoms with Crippen molar-refractivity contribution < 1.29 is 18.0 Å². The number of Topliss-reactive ketones (excluding diaryl/α,β-unsaturated/α-hetero) is 1. The van der Waals surface area contributed by atoms with Crippen molar-refractivity contribution in [2.45, 2.75) is 43.9 Å². The SMILES string of the molecule is CCC(C)c1ccc(S(=O)(=O)N2CCN(C(=O)CCC(=O)c3ccccc3)CC2)cc1. The molecule has 1 fully saturated rings. The minimum atomic E-state index is -3.58. The van der Waals surface area contributed by atoms with Gasteiger partial charge < -0.3 is 4.90 Å². The highest BCUT2D eigenvalue weighted by Gasteiger charge is 2.30. The second-order valence-electron chi connectivity index (χ2n) is 7.95. The summed E-state index contributed by atoms with van der Waals surface area (Å²) in [6, 6.07) is 16.0. The van der Waals surface area contributed by atoms with Gasteiger partial charge in [0.15, 0.2) is 5.78 Å². The topological polar surface area (TPSA) is 74.8 Å². The van der Waals surface area contributed by atoms with Crippen molar-refractivity contribution in [2.24, 2.45) is 0 Å². The average molecular weight is 443 g/mol. The Hall–Kier alpha value is -2.51. The molecule has 3 rings (SSSR count). The summed E-state index contributed by atoms with van der Waals surface area (Å²) in [5.41, 5.74) is 1.73. The first-order valence-electron chi connectivity index (χ1n) is 10.8. The maximum absolute atomic E-state index is 13.0. The molecule has 1 atom stereocenters. The molecule has 1 saturated heterocycles. The molecule has 1 heterocycles. The van der Waals surface area contributed by atoms with E-state index < -0.39 is 10.0 Å². The van der Waals surface area contributed by atoms with Gasteiger partial charge in [-0.25, -0.2) is 8.42 Å². The molecule has 1 aliphatic heterocycles. The van der Waals surface area contributed by atoms with E-state index in [2.05, 4.69) is 13.8 Å². The van der Waals surface area contributed by atoms with E-state index in [0.29, 0.717) is 24.6 Å². The quantitative estimate of drug-likeness (QED) is 0.584. The normalized spacial score (nSPS) is 16.1. The number of hydrogen-bond acceptors (Lipinski definition) is 4. The van der Waals surface area contributed by atoms with Crippen molar-refractivity contribution in [1.29, 1.82) is 0 Å². The van der Waals surface area contributed by atoms with Gasteiger partial charge in [0.05, 0.1) is 4.90 Å². The van der Waals surface area contributed by atoms with Gasteiger partial charge in [-0.3, -0.25) is 9.59 Å². The highest BCUT2D eigenvalue weighted by atomic mass is 32.2. The summed E-state index contributed by atoms with van der Waals surface area (Å²) in [6.45, 7) is 5.41. The number of sulfonamides is 1. The molecule has 7 heteroatoms. The average Bonchev–Trinajstić information content (AvgIpc) is 2.82. The van der Waals surface area contributed by atoms with E-state index in [4.69, 9.17) is 0 Å². The molecule has 0 spiro atoms. The second kappa shape index (κ2) is 10.2. The fraction of sp³-hybridized carbons (Fsp3) is 0.417. The molecule has 0 aromatic heterocycles. The van der Waals surface area contributed by atoms with E-state index in [1.807, 2.05) is 18.2 Å². The summed E-state index contributed by atoms with van der Waals surface area (Å²) in [5.74, 6) is 0.218. The predicted octanol–water partition coefficient (Wildman–Crippen LogP) is 3.70. The van der Waals surface area contributed by atoms with Crippen LogP contribution in [0.2, 0.25) is 0 Å². The van der Waals surface area contributed by atoms with Gasteiger partial charge in [-0.05, 0) is 30.0 Å². The van der Waals surface area contributed by atoms with Crippen LogP contribution in [0.1, 0.15) is 54.9 Å². The third kappa shape index (κ3) is 5.60. The van der Waals surface area contributed by atoms with Crippen molar-refractivity contribution in [3.05, 3.63) is 65.7 Å².